The van der Waals surface area contributed by atoms with Crippen LogP contribution in [0.5, 0.6) is 0 Å². The highest BCUT2D eigenvalue weighted by molar-refractivity contribution is 5.90. The normalized spacial score (nSPS) is 21.5. The molecule has 1 aromatic carbocycles. The second-order valence-electron chi connectivity index (χ2n) is 6.71. The fourth-order valence-corrected chi connectivity index (χ4v) is 3.95. The quantitative estimate of drug-likeness (QED) is 0.899. The monoisotopic (exact) mass is 359 g/mol. The van der Waals surface area contributed by atoms with Gasteiger partial charge in [-0.05, 0) is 44.3 Å². The molecule has 0 bridgehead atoms. The van der Waals surface area contributed by atoms with E-state index in [-0.39, 0.29) is 23.9 Å². The third kappa shape index (κ3) is 4.64. The minimum absolute atomic E-state index is 0.0497. The first-order valence-electron chi connectivity index (χ1n) is 10.0. The lowest BCUT2D eigenvalue weighted by molar-refractivity contribution is -0.143. The van der Waals surface area contributed by atoms with Crippen LogP contribution in [-0.4, -0.2) is 54.3 Å². The first-order valence-corrected chi connectivity index (χ1v) is 10.0. The Morgan fingerprint density at radius 2 is 1.65 bits per heavy atom. The van der Waals surface area contributed by atoms with E-state index in [2.05, 4.69) is 10.2 Å². The van der Waals surface area contributed by atoms with Crippen LogP contribution in [0.3, 0.4) is 0 Å². The molecule has 5 nitrogen and oxygen atoms in total. The highest BCUT2D eigenvalue weighted by atomic mass is 16.2. The van der Waals surface area contributed by atoms with Crippen molar-refractivity contribution in [2.45, 2.75) is 58.0 Å². The lowest BCUT2D eigenvalue weighted by Gasteiger charge is -2.37. The van der Waals surface area contributed by atoms with Crippen LogP contribution in [0.1, 0.15) is 57.6 Å². The fraction of sp³-hybridized carbons (Fsp3) is 0.619. The summed E-state index contributed by atoms with van der Waals surface area (Å²) >= 11 is 0. The Morgan fingerprint density at radius 1 is 1.00 bits per heavy atom. The van der Waals surface area contributed by atoms with Crippen molar-refractivity contribution >= 4 is 11.8 Å². The van der Waals surface area contributed by atoms with Crippen molar-refractivity contribution in [3.63, 3.8) is 0 Å². The van der Waals surface area contributed by atoms with Crippen LogP contribution in [0, 0.1) is 0 Å². The molecular formula is C21H33N3O2. The van der Waals surface area contributed by atoms with E-state index in [4.69, 9.17) is 0 Å². The van der Waals surface area contributed by atoms with Gasteiger partial charge in [-0.15, -0.1) is 0 Å². The van der Waals surface area contributed by atoms with Crippen molar-refractivity contribution in [2.24, 2.45) is 0 Å². The molecule has 3 rings (SSSR count). The summed E-state index contributed by atoms with van der Waals surface area (Å²) in [6, 6.07) is 9.42. The van der Waals surface area contributed by atoms with Gasteiger partial charge in [0.15, 0.2) is 0 Å². The zero-order chi connectivity index (χ0) is 18.9. The number of nitrogens with zero attached hydrogens (tertiary/aromatic N) is 2. The van der Waals surface area contributed by atoms with Crippen LogP contribution in [0.2, 0.25) is 0 Å². The summed E-state index contributed by atoms with van der Waals surface area (Å²) in [6.07, 6.45) is 5.15. The van der Waals surface area contributed by atoms with Gasteiger partial charge >= 0.3 is 0 Å². The van der Waals surface area contributed by atoms with Gasteiger partial charge in [0.1, 0.15) is 12.1 Å². The van der Waals surface area contributed by atoms with Crippen molar-refractivity contribution in [1.82, 2.24) is 15.1 Å². The second kappa shape index (κ2) is 10.3. The van der Waals surface area contributed by atoms with E-state index >= 15 is 0 Å². The van der Waals surface area contributed by atoms with Gasteiger partial charge in [0.05, 0.1) is 0 Å². The van der Waals surface area contributed by atoms with E-state index in [0.717, 1.165) is 44.3 Å². The van der Waals surface area contributed by atoms with Gasteiger partial charge in [0, 0.05) is 13.6 Å². The van der Waals surface area contributed by atoms with E-state index in [1.54, 1.807) is 11.9 Å². The molecule has 2 aliphatic heterocycles. The zero-order valence-corrected chi connectivity index (χ0v) is 16.4. The molecule has 0 aliphatic carbocycles. The average molecular weight is 360 g/mol. The molecule has 2 saturated heterocycles. The molecule has 26 heavy (non-hydrogen) atoms. The summed E-state index contributed by atoms with van der Waals surface area (Å²) in [5, 5.41) is 2.70. The van der Waals surface area contributed by atoms with Crippen LogP contribution in [-0.2, 0) is 9.59 Å². The van der Waals surface area contributed by atoms with E-state index in [1.807, 2.05) is 44.2 Å². The zero-order valence-electron chi connectivity index (χ0n) is 16.4. The summed E-state index contributed by atoms with van der Waals surface area (Å²) in [5.74, 6) is 0.0282. The maximum absolute atomic E-state index is 13.4. The van der Waals surface area contributed by atoms with Crippen LogP contribution in [0.25, 0.3) is 0 Å². The standard InChI is InChI=1S/C19H27N3O2.C2H6/c1-20-18(23)16-11-8-14-22(16)19(24)17(15-9-4-2-5-10-15)21-12-6-3-7-13-21;1-2/h2,4-5,9-10,16-17H,3,6-8,11-14H2,1H3,(H,20,23);1-2H3. The number of carbonyl (C=O) groups is 2. The molecule has 1 N–H and O–H groups in total. The summed E-state index contributed by atoms with van der Waals surface area (Å²) in [4.78, 5) is 29.6. The molecule has 0 radical (unpaired) electrons. The van der Waals surface area contributed by atoms with Gasteiger partial charge in [-0.1, -0.05) is 50.6 Å². The maximum atomic E-state index is 13.4. The molecule has 2 amide bonds. The predicted octanol–water partition coefficient (Wildman–Crippen LogP) is 2.98. The molecule has 2 aliphatic rings. The third-order valence-electron chi connectivity index (χ3n) is 5.19. The van der Waals surface area contributed by atoms with Crippen LogP contribution in [0.15, 0.2) is 30.3 Å². The molecular weight excluding hydrogens is 326 g/mol. The van der Waals surface area contributed by atoms with Gasteiger partial charge in [-0.3, -0.25) is 14.5 Å². The minimum atomic E-state index is -0.321. The highest BCUT2D eigenvalue weighted by Gasteiger charge is 2.39. The third-order valence-corrected chi connectivity index (χ3v) is 5.19. The summed E-state index contributed by atoms with van der Waals surface area (Å²) in [7, 11) is 1.64. The van der Waals surface area contributed by atoms with Crippen LogP contribution in [0.4, 0.5) is 0 Å². The molecule has 2 fully saturated rings. The lowest BCUT2D eigenvalue weighted by atomic mass is 10.00. The molecule has 5 heteroatoms. The lowest BCUT2D eigenvalue weighted by Crippen LogP contribution is -2.50. The largest absolute Gasteiger partial charge is 0.357 e. The number of benzene rings is 1. The predicted molar refractivity (Wildman–Crippen MR) is 105 cm³/mol. The number of likely N-dealkylation sites (N-methyl/N-ethyl adjacent to an activating group) is 1. The van der Waals surface area contributed by atoms with E-state index in [9.17, 15) is 9.59 Å². The van der Waals surface area contributed by atoms with Gasteiger partial charge < -0.3 is 10.2 Å². The number of hydrogen-bond donors (Lipinski definition) is 1. The van der Waals surface area contributed by atoms with E-state index in [0.29, 0.717) is 6.54 Å². The van der Waals surface area contributed by atoms with Crippen LogP contribution >= 0.6 is 0 Å². The smallest absolute Gasteiger partial charge is 0.245 e. The van der Waals surface area contributed by atoms with Crippen molar-refractivity contribution < 1.29 is 9.59 Å². The second-order valence-corrected chi connectivity index (χ2v) is 6.71. The molecule has 0 saturated carbocycles. The highest BCUT2D eigenvalue weighted by Crippen LogP contribution is 2.30. The summed E-state index contributed by atoms with van der Waals surface area (Å²) in [5.41, 5.74) is 1.03. The van der Waals surface area contributed by atoms with Gasteiger partial charge in [-0.2, -0.15) is 0 Å². The van der Waals surface area contributed by atoms with Crippen molar-refractivity contribution in [3.8, 4) is 0 Å². The molecule has 0 spiro atoms. The van der Waals surface area contributed by atoms with Gasteiger partial charge in [0.2, 0.25) is 11.8 Å². The number of carbonyl (C=O) groups excluding carboxylic acids is 2. The van der Waals surface area contributed by atoms with Crippen molar-refractivity contribution in [1.29, 1.82) is 0 Å². The number of nitrogens with one attached hydrogen (secondary N) is 1. The van der Waals surface area contributed by atoms with Crippen molar-refractivity contribution in [3.05, 3.63) is 35.9 Å². The van der Waals surface area contributed by atoms with Gasteiger partial charge in [0.25, 0.3) is 0 Å². The molecule has 144 valence electrons. The summed E-state index contributed by atoms with van der Waals surface area (Å²) in [6.45, 7) is 6.57. The van der Waals surface area contributed by atoms with E-state index in [1.165, 1.54) is 6.42 Å². The molecule has 1 aromatic rings. The topological polar surface area (TPSA) is 52.7 Å². The summed E-state index contributed by atoms with van der Waals surface area (Å²) < 4.78 is 0. The number of hydrogen-bond acceptors (Lipinski definition) is 3. The van der Waals surface area contributed by atoms with Crippen molar-refractivity contribution in [2.75, 3.05) is 26.7 Å². The maximum Gasteiger partial charge on any atom is 0.245 e. The fourth-order valence-electron chi connectivity index (χ4n) is 3.95. The van der Waals surface area contributed by atoms with E-state index < -0.39 is 0 Å². The Kier molecular flexibility index (Phi) is 8.10. The molecule has 0 aromatic heterocycles. The molecule has 2 unspecified atom stereocenters. The molecule has 2 heterocycles. The first kappa shape index (κ1) is 20.4. The Hall–Kier alpha value is -1.88. The Bertz CT molecular complexity index is 570. The Labute approximate surface area is 157 Å². The SMILES string of the molecule is CC.CNC(=O)C1CCCN1C(=O)C(c1ccccc1)N1CCCCC1. The molecule has 2 atom stereocenters. The number of amides is 2. The van der Waals surface area contributed by atoms with Gasteiger partial charge in [-0.25, -0.2) is 0 Å². The van der Waals surface area contributed by atoms with Crippen LogP contribution < -0.4 is 5.32 Å². The number of piperidine rings is 1. The number of likely N-dealkylation sites (tertiary alicyclic amines) is 2. The average Bonchev–Trinajstić information content (AvgIpc) is 3.21. The Balaban J connectivity index is 0.00000117. The first-order chi connectivity index (χ1) is 12.7. The number of rotatable bonds is 4. The minimum Gasteiger partial charge on any atom is -0.357 e. The Morgan fingerprint density at radius 3 is 2.27 bits per heavy atom.